The number of rotatable bonds is 8. The van der Waals surface area contributed by atoms with E-state index in [9.17, 15) is 0 Å². The Morgan fingerprint density at radius 3 is 2.37 bits per heavy atom. The molecule has 1 rings (SSSR count). The quantitative estimate of drug-likeness (QED) is 0.774. The van der Waals surface area contributed by atoms with E-state index in [0.717, 1.165) is 19.6 Å². The van der Waals surface area contributed by atoms with Gasteiger partial charge in [0.05, 0.1) is 6.10 Å². The Kier molecular flexibility index (Phi) is 7.11. The summed E-state index contributed by atoms with van der Waals surface area (Å²) in [4.78, 5) is 0. The summed E-state index contributed by atoms with van der Waals surface area (Å²) in [6, 6.07) is 9.01. The van der Waals surface area contributed by atoms with Gasteiger partial charge in [-0.1, -0.05) is 45.0 Å². The van der Waals surface area contributed by atoms with Crippen LogP contribution in [0.4, 0.5) is 0 Å². The molecule has 0 aromatic heterocycles. The molecule has 0 spiro atoms. The summed E-state index contributed by atoms with van der Waals surface area (Å²) in [5.41, 5.74) is 2.78. The van der Waals surface area contributed by atoms with E-state index in [4.69, 9.17) is 4.74 Å². The second-order valence-electron chi connectivity index (χ2n) is 5.46. The fourth-order valence-electron chi connectivity index (χ4n) is 2.61. The van der Waals surface area contributed by atoms with E-state index in [2.05, 4.69) is 64.2 Å². The second-order valence-corrected chi connectivity index (χ2v) is 5.46. The van der Waals surface area contributed by atoms with Crippen molar-refractivity contribution in [1.29, 1.82) is 0 Å². The van der Waals surface area contributed by atoms with Crippen molar-refractivity contribution in [1.82, 2.24) is 5.32 Å². The van der Waals surface area contributed by atoms with Gasteiger partial charge in [0.2, 0.25) is 0 Å². The van der Waals surface area contributed by atoms with Crippen LogP contribution >= 0.6 is 0 Å². The molecule has 19 heavy (non-hydrogen) atoms. The first-order valence-electron chi connectivity index (χ1n) is 7.49. The van der Waals surface area contributed by atoms with Crippen molar-refractivity contribution in [2.45, 2.75) is 53.2 Å². The SMILES string of the molecule is CCNC(Cc1ccccc1C)C(OCC)C(C)C. The minimum Gasteiger partial charge on any atom is -0.377 e. The Morgan fingerprint density at radius 1 is 1.16 bits per heavy atom. The largest absolute Gasteiger partial charge is 0.377 e. The molecule has 2 heteroatoms. The van der Waals surface area contributed by atoms with Crippen LogP contribution in [0.5, 0.6) is 0 Å². The standard InChI is InChI=1S/C17H29NO/c1-6-18-16(17(13(3)4)19-7-2)12-15-11-9-8-10-14(15)5/h8-11,13,16-18H,6-7,12H2,1-5H3. The predicted molar refractivity (Wildman–Crippen MR) is 82.6 cm³/mol. The summed E-state index contributed by atoms with van der Waals surface area (Å²) in [5, 5.41) is 3.60. The van der Waals surface area contributed by atoms with E-state index in [1.54, 1.807) is 0 Å². The van der Waals surface area contributed by atoms with E-state index in [0.29, 0.717) is 12.0 Å². The number of hydrogen-bond donors (Lipinski definition) is 1. The molecule has 0 saturated heterocycles. The van der Waals surface area contributed by atoms with Gasteiger partial charge in [-0.05, 0) is 43.9 Å². The van der Waals surface area contributed by atoms with Crippen LogP contribution in [0.2, 0.25) is 0 Å². The Balaban J connectivity index is 2.84. The van der Waals surface area contributed by atoms with E-state index in [-0.39, 0.29) is 6.10 Å². The topological polar surface area (TPSA) is 21.3 Å². The first-order chi connectivity index (χ1) is 9.10. The predicted octanol–water partition coefficient (Wildman–Crippen LogP) is 3.58. The molecule has 0 aliphatic carbocycles. The first-order valence-corrected chi connectivity index (χ1v) is 7.49. The molecular formula is C17H29NO. The summed E-state index contributed by atoms with van der Waals surface area (Å²) in [5.74, 6) is 0.521. The van der Waals surface area contributed by atoms with Crippen molar-refractivity contribution in [3.63, 3.8) is 0 Å². The highest BCUT2D eigenvalue weighted by Crippen LogP contribution is 2.17. The molecule has 108 valence electrons. The second kappa shape index (κ2) is 8.34. The molecule has 0 saturated carbocycles. The van der Waals surface area contributed by atoms with Gasteiger partial charge in [-0.3, -0.25) is 0 Å². The summed E-state index contributed by atoms with van der Waals surface area (Å²) in [6.07, 6.45) is 1.30. The van der Waals surface area contributed by atoms with Gasteiger partial charge in [-0.15, -0.1) is 0 Å². The summed E-state index contributed by atoms with van der Waals surface area (Å²) < 4.78 is 5.97. The van der Waals surface area contributed by atoms with Crippen LogP contribution in [-0.2, 0) is 11.2 Å². The molecule has 0 radical (unpaired) electrons. The molecule has 2 nitrogen and oxygen atoms in total. The molecule has 1 aromatic rings. The van der Waals surface area contributed by atoms with Gasteiger partial charge < -0.3 is 10.1 Å². The minimum atomic E-state index is 0.268. The van der Waals surface area contributed by atoms with Crippen molar-refractivity contribution in [3.05, 3.63) is 35.4 Å². The van der Waals surface area contributed by atoms with E-state index >= 15 is 0 Å². The zero-order chi connectivity index (χ0) is 14.3. The Bertz CT molecular complexity index is 362. The maximum Gasteiger partial charge on any atom is 0.0753 e. The van der Waals surface area contributed by atoms with Crippen LogP contribution < -0.4 is 5.32 Å². The van der Waals surface area contributed by atoms with Crippen LogP contribution in [0, 0.1) is 12.8 Å². The van der Waals surface area contributed by atoms with Crippen LogP contribution in [-0.4, -0.2) is 25.3 Å². The third-order valence-electron chi connectivity index (χ3n) is 3.58. The molecule has 1 aromatic carbocycles. The fraction of sp³-hybridized carbons (Fsp3) is 0.647. The first kappa shape index (κ1) is 16.2. The number of likely N-dealkylation sites (N-methyl/N-ethyl adjacent to an activating group) is 1. The summed E-state index contributed by atoms with van der Waals surface area (Å²) >= 11 is 0. The molecule has 0 bridgehead atoms. The lowest BCUT2D eigenvalue weighted by molar-refractivity contribution is 0.00393. The Hall–Kier alpha value is -0.860. The van der Waals surface area contributed by atoms with Gasteiger partial charge in [0.15, 0.2) is 0 Å². The number of hydrogen-bond acceptors (Lipinski definition) is 2. The average molecular weight is 263 g/mol. The zero-order valence-corrected chi connectivity index (χ0v) is 13.1. The lowest BCUT2D eigenvalue weighted by Gasteiger charge is -2.31. The van der Waals surface area contributed by atoms with Crippen LogP contribution in [0.15, 0.2) is 24.3 Å². The van der Waals surface area contributed by atoms with Gasteiger partial charge in [-0.2, -0.15) is 0 Å². The zero-order valence-electron chi connectivity index (χ0n) is 13.1. The third kappa shape index (κ3) is 4.96. The van der Waals surface area contributed by atoms with Crippen LogP contribution in [0.1, 0.15) is 38.8 Å². The third-order valence-corrected chi connectivity index (χ3v) is 3.58. The molecule has 2 atom stereocenters. The highest BCUT2D eigenvalue weighted by Gasteiger charge is 2.24. The fourth-order valence-corrected chi connectivity index (χ4v) is 2.61. The van der Waals surface area contributed by atoms with Crippen molar-refractivity contribution in [3.8, 4) is 0 Å². The molecule has 0 fully saturated rings. The Morgan fingerprint density at radius 2 is 1.84 bits per heavy atom. The maximum atomic E-state index is 5.97. The highest BCUT2D eigenvalue weighted by molar-refractivity contribution is 5.26. The number of benzene rings is 1. The van der Waals surface area contributed by atoms with Gasteiger partial charge in [-0.25, -0.2) is 0 Å². The average Bonchev–Trinajstić information content (AvgIpc) is 2.37. The lowest BCUT2D eigenvalue weighted by atomic mass is 9.92. The van der Waals surface area contributed by atoms with Crippen molar-refractivity contribution < 1.29 is 4.74 Å². The van der Waals surface area contributed by atoms with E-state index in [1.165, 1.54) is 11.1 Å². The highest BCUT2D eigenvalue weighted by atomic mass is 16.5. The molecule has 0 aliphatic heterocycles. The number of nitrogens with one attached hydrogen (secondary N) is 1. The number of aryl methyl sites for hydroxylation is 1. The van der Waals surface area contributed by atoms with Gasteiger partial charge in [0.1, 0.15) is 0 Å². The molecule has 0 aliphatic rings. The van der Waals surface area contributed by atoms with Crippen LogP contribution in [0.25, 0.3) is 0 Å². The Labute approximate surface area is 118 Å². The molecule has 2 unspecified atom stereocenters. The molecule has 0 amide bonds. The minimum absolute atomic E-state index is 0.268. The van der Waals surface area contributed by atoms with Crippen molar-refractivity contribution >= 4 is 0 Å². The summed E-state index contributed by atoms with van der Waals surface area (Å²) in [7, 11) is 0. The monoisotopic (exact) mass is 263 g/mol. The number of ether oxygens (including phenoxy) is 1. The summed E-state index contributed by atoms with van der Waals surface area (Å²) in [6.45, 7) is 12.7. The van der Waals surface area contributed by atoms with Gasteiger partial charge in [0, 0.05) is 12.6 Å². The van der Waals surface area contributed by atoms with Crippen LogP contribution in [0.3, 0.4) is 0 Å². The maximum absolute atomic E-state index is 5.97. The molecule has 1 N–H and O–H groups in total. The lowest BCUT2D eigenvalue weighted by Crippen LogP contribution is -2.45. The molecular weight excluding hydrogens is 234 g/mol. The van der Waals surface area contributed by atoms with Gasteiger partial charge in [0.25, 0.3) is 0 Å². The van der Waals surface area contributed by atoms with Crippen molar-refractivity contribution in [2.75, 3.05) is 13.2 Å². The smallest absolute Gasteiger partial charge is 0.0753 e. The van der Waals surface area contributed by atoms with Crippen molar-refractivity contribution in [2.24, 2.45) is 5.92 Å². The van der Waals surface area contributed by atoms with E-state index in [1.807, 2.05) is 0 Å². The normalized spacial score (nSPS) is 14.6. The van der Waals surface area contributed by atoms with Gasteiger partial charge >= 0.3 is 0 Å². The van der Waals surface area contributed by atoms with E-state index < -0.39 is 0 Å². The molecule has 0 heterocycles.